The summed E-state index contributed by atoms with van der Waals surface area (Å²) in [6.07, 6.45) is 13.8. The van der Waals surface area contributed by atoms with Crippen molar-refractivity contribution in [3.05, 3.63) is 77.9 Å². The van der Waals surface area contributed by atoms with E-state index in [0.29, 0.717) is 12.4 Å². The lowest BCUT2D eigenvalue weighted by molar-refractivity contribution is -0.117. The zero-order valence-electron chi connectivity index (χ0n) is 29.5. The highest BCUT2D eigenvalue weighted by Gasteiger charge is 2.35. The molecule has 0 aliphatic carbocycles. The Labute approximate surface area is 287 Å². The zero-order chi connectivity index (χ0) is 32.7. The molecule has 3 aromatic carbocycles. The molecule has 0 saturated carbocycles. The third-order valence-electron chi connectivity index (χ3n) is 8.38. The van der Waals surface area contributed by atoms with Crippen LogP contribution in [-0.4, -0.2) is 48.5 Å². The zero-order valence-corrected chi connectivity index (χ0v) is 31.2. The Balaban J connectivity index is 0.00000736. The summed E-state index contributed by atoms with van der Waals surface area (Å²) in [6, 6.07) is 23.2. The molecule has 0 unspecified atom stereocenters. The monoisotopic (exact) mass is 666 g/mol. The van der Waals surface area contributed by atoms with Crippen LogP contribution in [0.3, 0.4) is 0 Å². The van der Waals surface area contributed by atoms with Crippen LogP contribution in [0.25, 0.3) is 10.8 Å². The maximum Gasteiger partial charge on any atom is 0.249 e. The summed E-state index contributed by atoms with van der Waals surface area (Å²) in [5.74, 6) is 0.558. The van der Waals surface area contributed by atoms with E-state index >= 15 is 0 Å². The third kappa shape index (κ3) is 13.2. The summed E-state index contributed by atoms with van der Waals surface area (Å²) in [6.45, 7) is 15.3. The van der Waals surface area contributed by atoms with Gasteiger partial charge in [-0.15, -0.1) is 0 Å². The predicted octanol–water partition coefficient (Wildman–Crippen LogP) is 6.66. The number of amides is 1. The minimum absolute atomic E-state index is 0. The average Bonchev–Trinajstić information content (AvgIpc) is 3.01. The number of hydrogen-bond donors (Lipinski definition) is 3. The van der Waals surface area contributed by atoms with Crippen molar-refractivity contribution in [3.8, 4) is 0 Å². The Bertz CT molecular complexity index is 1310. The van der Waals surface area contributed by atoms with E-state index in [1.165, 1.54) is 79.5 Å². The van der Waals surface area contributed by atoms with Gasteiger partial charge in [0.05, 0.1) is 24.6 Å². The van der Waals surface area contributed by atoms with Crippen molar-refractivity contribution < 1.29 is 17.2 Å². The van der Waals surface area contributed by atoms with Crippen LogP contribution in [0.15, 0.2) is 71.7 Å². The van der Waals surface area contributed by atoms with E-state index in [4.69, 9.17) is 4.99 Å². The molecule has 254 valence electrons. The van der Waals surface area contributed by atoms with Crippen molar-refractivity contribution in [2.45, 2.75) is 118 Å². The second kappa shape index (κ2) is 20.6. The van der Waals surface area contributed by atoms with E-state index in [9.17, 15) is 4.79 Å². The SMILES string of the molecule is CCCC[P+](CCCC)(CCCC)Cc1ccc(NC(=O)[C@H](Cc2ccc3ccccc3c2)N=C(NC(C)C)NC(C)C)cc1.[Cl-]. The van der Waals surface area contributed by atoms with Crippen molar-refractivity contribution in [2.75, 3.05) is 23.8 Å². The first-order valence-electron chi connectivity index (χ1n) is 17.5. The number of unbranched alkanes of at least 4 members (excludes halogenated alkanes) is 3. The number of halogens is 1. The van der Waals surface area contributed by atoms with Gasteiger partial charge in [0.25, 0.3) is 0 Å². The number of hydrogen-bond acceptors (Lipinski definition) is 2. The maximum absolute atomic E-state index is 13.9. The Morgan fingerprint density at radius 3 is 1.76 bits per heavy atom. The molecule has 3 aromatic rings. The average molecular weight is 667 g/mol. The largest absolute Gasteiger partial charge is 1.00 e. The molecule has 0 fully saturated rings. The van der Waals surface area contributed by atoms with Crippen molar-refractivity contribution in [2.24, 2.45) is 4.99 Å². The minimum atomic E-state index is -1.04. The molecule has 3 rings (SSSR count). The van der Waals surface area contributed by atoms with E-state index in [1.807, 2.05) is 0 Å². The molecule has 0 radical (unpaired) electrons. The van der Waals surface area contributed by atoms with Gasteiger partial charge in [-0.3, -0.25) is 4.79 Å². The Hall–Kier alpha value is -2.62. The lowest BCUT2D eigenvalue weighted by atomic mass is 10.0. The molecule has 7 heteroatoms. The summed E-state index contributed by atoms with van der Waals surface area (Å²) in [7, 11) is -1.04. The first-order chi connectivity index (χ1) is 21.7. The van der Waals surface area contributed by atoms with Crippen LogP contribution >= 0.6 is 7.26 Å². The molecule has 0 aliphatic heterocycles. The van der Waals surface area contributed by atoms with Gasteiger partial charge in [-0.2, -0.15) is 0 Å². The Morgan fingerprint density at radius 2 is 1.24 bits per heavy atom. The highest BCUT2D eigenvalue weighted by atomic mass is 35.5. The van der Waals surface area contributed by atoms with Crippen LogP contribution in [0.2, 0.25) is 0 Å². The van der Waals surface area contributed by atoms with E-state index < -0.39 is 13.3 Å². The molecule has 0 aromatic heterocycles. The van der Waals surface area contributed by atoms with Gasteiger partial charge in [0, 0.05) is 31.5 Å². The molecule has 1 atom stereocenters. The van der Waals surface area contributed by atoms with Crippen molar-refractivity contribution in [3.63, 3.8) is 0 Å². The molecule has 3 N–H and O–H groups in total. The molecular formula is C39H60ClN4OP. The van der Waals surface area contributed by atoms with Crippen molar-refractivity contribution in [1.29, 1.82) is 0 Å². The van der Waals surface area contributed by atoms with Gasteiger partial charge < -0.3 is 28.4 Å². The molecular weight excluding hydrogens is 607 g/mol. The number of nitrogens with zero attached hydrogens (tertiary/aromatic N) is 1. The van der Waals surface area contributed by atoms with Crippen LogP contribution < -0.4 is 28.4 Å². The highest BCUT2D eigenvalue weighted by Crippen LogP contribution is 2.63. The quantitative estimate of drug-likeness (QED) is 0.0808. The lowest BCUT2D eigenvalue weighted by Crippen LogP contribution is -3.00. The fourth-order valence-corrected chi connectivity index (χ4v) is 11.1. The van der Waals surface area contributed by atoms with Crippen LogP contribution in [0.5, 0.6) is 0 Å². The number of benzene rings is 3. The van der Waals surface area contributed by atoms with Gasteiger partial charge in [-0.05, 0) is 81.0 Å². The van der Waals surface area contributed by atoms with Crippen LogP contribution in [0, 0.1) is 0 Å². The van der Waals surface area contributed by atoms with Gasteiger partial charge in [0.2, 0.25) is 5.91 Å². The molecule has 0 saturated heterocycles. The van der Waals surface area contributed by atoms with E-state index in [1.54, 1.807) is 0 Å². The van der Waals surface area contributed by atoms with Gasteiger partial charge in [-0.1, -0.05) is 94.6 Å². The summed E-state index contributed by atoms with van der Waals surface area (Å²) in [5, 5.41) is 12.4. The molecule has 0 spiro atoms. The Morgan fingerprint density at radius 1 is 0.717 bits per heavy atom. The Kier molecular flexibility index (Phi) is 17.7. The summed E-state index contributed by atoms with van der Waals surface area (Å²) < 4.78 is 0. The van der Waals surface area contributed by atoms with E-state index in [0.717, 1.165) is 11.3 Å². The number of aliphatic imine (C=N–C) groups is 1. The normalized spacial score (nSPS) is 12.1. The van der Waals surface area contributed by atoms with Gasteiger partial charge in [0.15, 0.2) is 5.96 Å². The molecule has 0 heterocycles. The van der Waals surface area contributed by atoms with Crippen molar-refractivity contribution >= 4 is 35.6 Å². The van der Waals surface area contributed by atoms with Crippen LogP contribution in [0.1, 0.15) is 98.1 Å². The number of nitrogens with one attached hydrogen (secondary N) is 3. The fourth-order valence-electron chi connectivity index (χ4n) is 5.96. The van der Waals surface area contributed by atoms with E-state index in [-0.39, 0.29) is 30.4 Å². The number of rotatable bonds is 18. The predicted molar refractivity (Wildman–Crippen MR) is 200 cm³/mol. The molecule has 0 bridgehead atoms. The highest BCUT2D eigenvalue weighted by molar-refractivity contribution is 7.75. The van der Waals surface area contributed by atoms with Crippen LogP contribution in [0.4, 0.5) is 5.69 Å². The number of carbonyl (C=O) groups is 1. The number of guanidine groups is 1. The topological polar surface area (TPSA) is 65.5 Å². The van der Waals surface area contributed by atoms with Gasteiger partial charge >= 0.3 is 0 Å². The second-order valence-electron chi connectivity index (χ2n) is 13.4. The molecule has 46 heavy (non-hydrogen) atoms. The number of anilines is 1. The fraction of sp³-hybridized carbons (Fsp3) is 0.538. The minimum Gasteiger partial charge on any atom is -1.00 e. The van der Waals surface area contributed by atoms with E-state index in [2.05, 4.69) is 131 Å². The lowest BCUT2D eigenvalue weighted by Gasteiger charge is -2.28. The second-order valence-corrected chi connectivity index (χ2v) is 17.7. The number of fused-ring (bicyclic) bond motifs is 1. The first-order valence-corrected chi connectivity index (χ1v) is 20.0. The van der Waals surface area contributed by atoms with Gasteiger partial charge in [-0.25, -0.2) is 4.99 Å². The molecule has 5 nitrogen and oxygen atoms in total. The smallest absolute Gasteiger partial charge is 0.249 e. The summed E-state index contributed by atoms with van der Waals surface area (Å²) in [5.41, 5.74) is 3.34. The third-order valence-corrected chi connectivity index (χ3v) is 13.2. The van der Waals surface area contributed by atoms with Gasteiger partial charge in [0.1, 0.15) is 6.04 Å². The van der Waals surface area contributed by atoms with Crippen molar-refractivity contribution in [1.82, 2.24) is 10.6 Å². The molecule has 1 amide bonds. The standard InChI is InChI=1S/C39H59N4OP.ClH/c1-8-11-24-45(25-12-9-2,26-13-10-3)29-32-19-22-36(23-20-32)42-38(44)37(43-39(40-30(4)5)41-31(6)7)28-33-18-21-34-16-14-15-17-35(34)27-33;/h14-23,27,30-31,37H,8-13,24-26,28-29H2,1-7H3,(H2-,40,41,42,43,44);1H/t37-;/m0./s1. The molecule has 0 aliphatic rings. The number of carbonyl (C=O) groups excluding carboxylic acids is 1. The summed E-state index contributed by atoms with van der Waals surface area (Å²) in [4.78, 5) is 18.9. The summed E-state index contributed by atoms with van der Waals surface area (Å²) >= 11 is 0. The first kappa shape index (κ1) is 39.6. The maximum atomic E-state index is 13.9. The van der Waals surface area contributed by atoms with Crippen LogP contribution in [-0.2, 0) is 17.4 Å².